The minimum Gasteiger partial charge on any atom is -0.406 e. The van der Waals surface area contributed by atoms with Gasteiger partial charge in [0, 0.05) is 4.83 Å². The molecule has 5 heteroatoms. The molecular formula is C13H14BrF3O. The third-order valence-corrected chi connectivity index (χ3v) is 4.23. The Bertz CT molecular complexity index is 401. The van der Waals surface area contributed by atoms with Crippen LogP contribution in [0.15, 0.2) is 24.3 Å². The first-order chi connectivity index (χ1) is 8.46. The van der Waals surface area contributed by atoms with E-state index in [4.69, 9.17) is 0 Å². The second-order valence-electron chi connectivity index (χ2n) is 4.55. The summed E-state index contributed by atoms with van der Waals surface area (Å²) in [4.78, 5) is 0.399. The first-order valence-electron chi connectivity index (χ1n) is 5.93. The number of hydrogen-bond donors (Lipinski definition) is 0. The van der Waals surface area contributed by atoms with Gasteiger partial charge in [-0.1, -0.05) is 34.1 Å². The second kappa shape index (κ2) is 5.51. The largest absolute Gasteiger partial charge is 0.573 e. The lowest BCUT2D eigenvalue weighted by molar-refractivity contribution is -0.274. The van der Waals surface area contributed by atoms with Crippen LogP contribution in [-0.4, -0.2) is 11.2 Å². The first-order valence-corrected chi connectivity index (χ1v) is 6.85. The maximum Gasteiger partial charge on any atom is 0.573 e. The summed E-state index contributed by atoms with van der Waals surface area (Å²) in [5.41, 5.74) is 0.611. The van der Waals surface area contributed by atoms with Gasteiger partial charge in [-0.3, -0.25) is 0 Å². The lowest BCUT2D eigenvalue weighted by Gasteiger charge is -2.14. The summed E-state index contributed by atoms with van der Waals surface area (Å²) in [6.07, 6.45) is -0.755. The van der Waals surface area contributed by atoms with E-state index in [1.807, 2.05) is 0 Å². The number of alkyl halides is 4. The quantitative estimate of drug-likeness (QED) is 0.714. The zero-order valence-corrected chi connectivity index (χ0v) is 11.3. The molecule has 0 amide bonds. The molecule has 1 aromatic carbocycles. The fourth-order valence-electron chi connectivity index (χ4n) is 1.92. The summed E-state index contributed by atoms with van der Waals surface area (Å²) in [5, 5.41) is 0. The van der Waals surface area contributed by atoms with E-state index < -0.39 is 6.36 Å². The van der Waals surface area contributed by atoms with Gasteiger partial charge in [-0.05, 0) is 43.2 Å². The third kappa shape index (κ3) is 4.19. The minimum atomic E-state index is -4.62. The fraction of sp³-hybridized carbons (Fsp3) is 0.538. The molecule has 1 atom stereocenters. The highest BCUT2D eigenvalue weighted by Gasteiger charge is 2.32. The Morgan fingerprint density at radius 1 is 1.28 bits per heavy atom. The van der Waals surface area contributed by atoms with Gasteiger partial charge in [-0.25, -0.2) is 0 Å². The molecule has 100 valence electrons. The van der Waals surface area contributed by atoms with Crippen LogP contribution in [0.25, 0.3) is 0 Å². The SMILES string of the molecule is FC(F)(F)Oc1ccccc1CCC(Br)C1CC1. The normalized spacial score (nSPS) is 17.6. The van der Waals surface area contributed by atoms with E-state index in [1.54, 1.807) is 18.2 Å². The average molecular weight is 323 g/mol. The molecule has 1 aliphatic rings. The molecule has 1 nitrogen and oxygen atoms in total. The van der Waals surface area contributed by atoms with Crippen LogP contribution in [0, 0.1) is 5.92 Å². The highest BCUT2D eigenvalue weighted by molar-refractivity contribution is 9.09. The zero-order valence-electron chi connectivity index (χ0n) is 9.71. The Balaban J connectivity index is 1.97. The Morgan fingerprint density at radius 2 is 1.94 bits per heavy atom. The molecule has 1 unspecified atom stereocenters. The van der Waals surface area contributed by atoms with Crippen molar-refractivity contribution in [2.24, 2.45) is 5.92 Å². The van der Waals surface area contributed by atoms with Gasteiger partial charge in [0.2, 0.25) is 0 Å². The average Bonchev–Trinajstić information content (AvgIpc) is 3.09. The number of ether oxygens (including phenoxy) is 1. The van der Waals surface area contributed by atoms with E-state index in [0.717, 1.165) is 6.42 Å². The number of halogens is 4. The molecule has 1 aliphatic carbocycles. The molecule has 0 N–H and O–H groups in total. The zero-order chi connectivity index (χ0) is 13.2. The van der Waals surface area contributed by atoms with Crippen molar-refractivity contribution in [3.8, 4) is 5.75 Å². The predicted octanol–water partition coefficient (Wildman–Crippen LogP) is 4.69. The molecule has 0 heterocycles. The maximum atomic E-state index is 12.2. The van der Waals surface area contributed by atoms with E-state index in [0.29, 0.717) is 22.7 Å². The van der Waals surface area contributed by atoms with E-state index in [2.05, 4.69) is 20.7 Å². The Kier molecular flexibility index (Phi) is 4.20. The fourth-order valence-corrected chi connectivity index (χ4v) is 2.68. The topological polar surface area (TPSA) is 9.23 Å². The molecule has 0 radical (unpaired) electrons. The summed E-state index contributed by atoms with van der Waals surface area (Å²) in [7, 11) is 0. The number of rotatable bonds is 5. The summed E-state index contributed by atoms with van der Waals surface area (Å²) in [6.45, 7) is 0. The molecular weight excluding hydrogens is 309 g/mol. The van der Waals surface area contributed by atoms with Crippen LogP contribution >= 0.6 is 15.9 Å². The first kappa shape index (κ1) is 13.7. The molecule has 0 aromatic heterocycles. The van der Waals surface area contributed by atoms with Crippen molar-refractivity contribution in [2.75, 3.05) is 0 Å². The van der Waals surface area contributed by atoms with Gasteiger partial charge in [-0.15, -0.1) is 13.2 Å². The van der Waals surface area contributed by atoms with Gasteiger partial charge >= 0.3 is 6.36 Å². The van der Waals surface area contributed by atoms with Crippen LogP contribution < -0.4 is 4.74 Å². The van der Waals surface area contributed by atoms with Crippen LogP contribution in [0.4, 0.5) is 13.2 Å². The van der Waals surface area contributed by atoms with Gasteiger partial charge in [0.1, 0.15) is 5.75 Å². The van der Waals surface area contributed by atoms with Gasteiger partial charge < -0.3 is 4.74 Å². The van der Waals surface area contributed by atoms with Crippen LogP contribution in [0.3, 0.4) is 0 Å². The molecule has 0 bridgehead atoms. The summed E-state index contributed by atoms with van der Waals surface area (Å²) in [6, 6.07) is 6.34. The summed E-state index contributed by atoms with van der Waals surface area (Å²) < 4.78 is 40.7. The van der Waals surface area contributed by atoms with E-state index in [-0.39, 0.29) is 5.75 Å². The second-order valence-corrected chi connectivity index (χ2v) is 5.72. The van der Waals surface area contributed by atoms with Crippen LogP contribution in [0.2, 0.25) is 0 Å². The maximum absolute atomic E-state index is 12.2. The summed E-state index contributed by atoms with van der Waals surface area (Å²) in [5.74, 6) is 0.612. The van der Waals surface area contributed by atoms with Gasteiger partial charge in [0.25, 0.3) is 0 Å². The number of aryl methyl sites for hydroxylation is 1. The van der Waals surface area contributed by atoms with E-state index in [9.17, 15) is 13.2 Å². The molecule has 18 heavy (non-hydrogen) atoms. The van der Waals surface area contributed by atoms with Crippen molar-refractivity contribution >= 4 is 15.9 Å². The lowest BCUT2D eigenvalue weighted by atomic mass is 10.1. The smallest absolute Gasteiger partial charge is 0.406 e. The monoisotopic (exact) mass is 322 g/mol. The predicted molar refractivity (Wildman–Crippen MR) is 66.9 cm³/mol. The molecule has 0 aliphatic heterocycles. The van der Waals surface area contributed by atoms with Crippen molar-refractivity contribution in [1.82, 2.24) is 0 Å². The van der Waals surface area contributed by atoms with Gasteiger partial charge in [-0.2, -0.15) is 0 Å². The van der Waals surface area contributed by atoms with Crippen molar-refractivity contribution in [3.05, 3.63) is 29.8 Å². The van der Waals surface area contributed by atoms with Crippen LogP contribution in [0.5, 0.6) is 5.75 Å². The highest BCUT2D eigenvalue weighted by Crippen LogP contribution is 2.39. The van der Waals surface area contributed by atoms with Crippen molar-refractivity contribution in [1.29, 1.82) is 0 Å². The Labute approximate surface area is 112 Å². The highest BCUT2D eigenvalue weighted by atomic mass is 79.9. The van der Waals surface area contributed by atoms with Crippen LogP contribution in [0.1, 0.15) is 24.8 Å². The number of hydrogen-bond acceptors (Lipinski definition) is 1. The van der Waals surface area contributed by atoms with Crippen LogP contribution in [-0.2, 0) is 6.42 Å². The minimum absolute atomic E-state index is 0.0829. The van der Waals surface area contributed by atoms with E-state index >= 15 is 0 Å². The summed E-state index contributed by atoms with van der Waals surface area (Å²) >= 11 is 3.59. The molecule has 2 rings (SSSR count). The molecule has 1 fully saturated rings. The van der Waals surface area contributed by atoms with E-state index in [1.165, 1.54) is 18.9 Å². The Hall–Kier alpha value is -0.710. The number of benzene rings is 1. The van der Waals surface area contributed by atoms with Gasteiger partial charge in [0.05, 0.1) is 0 Å². The third-order valence-electron chi connectivity index (χ3n) is 3.02. The number of para-hydroxylation sites is 1. The molecule has 1 saturated carbocycles. The molecule has 1 aromatic rings. The Morgan fingerprint density at radius 3 is 2.56 bits per heavy atom. The van der Waals surface area contributed by atoms with Crippen molar-refractivity contribution < 1.29 is 17.9 Å². The van der Waals surface area contributed by atoms with Crippen molar-refractivity contribution in [3.63, 3.8) is 0 Å². The molecule has 0 spiro atoms. The lowest BCUT2D eigenvalue weighted by Crippen LogP contribution is -2.18. The van der Waals surface area contributed by atoms with Gasteiger partial charge in [0.15, 0.2) is 0 Å². The standard InChI is InChI=1S/C13H14BrF3O/c14-11(9-5-6-9)8-7-10-3-1-2-4-12(10)18-13(15,16)17/h1-4,9,11H,5-8H2. The molecule has 0 saturated heterocycles. The van der Waals surface area contributed by atoms with Crippen molar-refractivity contribution in [2.45, 2.75) is 36.9 Å².